The Morgan fingerprint density at radius 1 is 0.771 bits per heavy atom. The fourth-order valence-electron chi connectivity index (χ4n) is 6.00. The third kappa shape index (κ3) is 6.18. The predicted octanol–water partition coefficient (Wildman–Crippen LogP) is 1.40. The molecule has 2 aromatic rings. The first-order valence-electron chi connectivity index (χ1n) is 14.8. The van der Waals surface area contributed by atoms with E-state index >= 15 is 0 Å². The molecular weight excluding hydrogens is 680 g/mol. The fraction of sp³-hybridized carbons (Fsp3) is 0.312. The Kier molecular flexibility index (Phi) is 10.2. The van der Waals surface area contributed by atoms with Crippen molar-refractivity contribution in [1.82, 2.24) is 25.8 Å². The highest BCUT2D eigenvalue weighted by atomic mass is 35.5. The zero-order chi connectivity index (χ0) is 33.6. The van der Waals surface area contributed by atoms with Gasteiger partial charge < -0.3 is 26.8 Å². The Morgan fingerprint density at radius 2 is 1.23 bits per heavy atom. The molecule has 4 aliphatic rings. The summed E-state index contributed by atoms with van der Waals surface area (Å²) in [5.41, 5.74) is 8.34. The maximum Gasteiger partial charge on any atom is 0.352 e. The number of hydrogen-bond donors (Lipinski definition) is 5. The summed E-state index contributed by atoms with van der Waals surface area (Å²) in [6, 6.07) is 13.1. The second-order valence-corrected chi connectivity index (χ2v) is 13.8. The van der Waals surface area contributed by atoms with E-state index in [0.717, 1.165) is 0 Å². The predicted molar refractivity (Wildman–Crippen MR) is 181 cm³/mol. The lowest BCUT2D eigenvalue weighted by atomic mass is 9.99. The third-order valence-corrected chi connectivity index (χ3v) is 11.3. The Morgan fingerprint density at radius 3 is 1.75 bits per heavy atom. The van der Waals surface area contributed by atoms with Crippen LogP contribution in [0.1, 0.15) is 37.1 Å². The van der Waals surface area contributed by atoms with E-state index in [-0.39, 0.29) is 23.8 Å². The first kappa shape index (κ1) is 35.0. The molecule has 0 spiro atoms. The van der Waals surface area contributed by atoms with Gasteiger partial charge in [-0.25, -0.2) is 4.79 Å². The number of carboxylic acid groups (broad SMARTS) is 1. The summed E-state index contributed by atoms with van der Waals surface area (Å²) in [6.07, 6.45) is 0. The highest BCUT2D eigenvalue weighted by Crippen LogP contribution is 2.42. The Labute approximate surface area is 290 Å². The van der Waals surface area contributed by atoms with Crippen molar-refractivity contribution in [2.24, 2.45) is 5.73 Å². The molecule has 2 saturated heterocycles. The van der Waals surface area contributed by atoms with E-state index in [2.05, 4.69) is 16.0 Å². The molecule has 0 bridgehead atoms. The van der Waals surface area contributed by atoms with Crippen LogP contribution < -0.4 is 21.7 Å². The zero-order valence-corrected chi connectivity index (χ0v) is 28.2. The average Bonchev–Trinajstić information content (AvgIpc) is 3.08. The van der Waals surface area contributed by atoms with Crippen LogP contribution in [-0.2, 0) is 28.8 Å². The van der Waals surface area contributed by atoms with Crippen molar-refractivity contribution in [1.29, 1.82) is 0 Å². The number of nitrogens with one attached hydrogen (secondary N) is 3. The number of fused-ring (bicyclic) bond motifs is 2. The molecule has 4 heterocycles. The first-order valence-corrected chi connectivity index (χ1v) is 16.9. The summed E-state index contributed by atoms with van der Waals surface area (Å²) in [5.74, 6) is -3.31. The Bertz CT molecular complexity index is 1740. The molecule has 0 saturated carbocycles. The lowest BCUT2D eigenvalue weighted by molar-refractivity contribution is -0.151. The zero-order valence-electron chi connectivity index (χ0n) is 25.7. The fourth-order valence-corrected chi connectivity index (χ4v) is 8.59. The van der Waals surface area contributed by atoms with Crippen LogP contribution in [0, 0.1) is 0 Å². The average molecular weight is 713 g/mol. The molecule has 2 aromatic carbocycles. The van der Waals surface area contributed by atoms with Crippen LogP contribution in [0.4, 0.5) is 0 Å². The minimum atomic E-state index is -1.24. The Balaban J connectivity index is 0.00000451. The first-order chi connectivity index (χ1) is 22.5. The summed E-state index contributed by atoms with van der Waals surface area (Å²) in [5, 5.41) is 16.7. The van der Waals surface area contributed by atoms with Gasteiger partial charge >= 0.3 is 5.97 Å². The quantitative estimate of drug-likeness (QED) is 0.238. The smallest absolute Gasteiger partial charge is 0.352 e. The van der Waals surface area contributed by atoms with E-state index in [4.69, 9.17) is 5.73 Å². The molecule has 0 aromatic heterocycles. The van der Waals surface area contributed by atoms with Gasteiger partial charge in [-0.05, 0) is 36.1 Å². The van der Waals surface area contributed by atoms with Crippen molar-refractivity contribution in [3.8, 4) is 0 Å². The van der Waals surface area contributed by atoms with E-state index < -0.39 is 70.4 Å². The SMILES string of the molecule is CC1=C(C(=O)O)N2C(=O)[C@@H](NC(=O)[C@H](NC(=O)C3=C(C)CS[C@@H]4[C@H](NC(=O)[C@H](N)c5ccccc5)C(=O)N34)c3ccccc3)C2SC1.Cl. The number of aliphatic carboxylic acids is 1. The molecule has 4 aliphatic heterocycles. The van der Waals surface area contributed by atoms with Crippen molar-refractivity contribution in [2.75, 3.05) is 11.5 Å². The summed E-state index contributed by atoms with van der Waals surface area (Å²) in [6.45, 7) is 3.37. The number of rotatable bonds is 9. The maximum absolute atomic E-state index is 13.9. The number of thioether (sulfide) groups is 2. The van der Waals surface area contributed by atoms with E-state index in [9.17, 15) is 33.9 Å². The molecule has 2 fully saturated rings. The number of nitrogens with two attached hydrogens (primary N) is 1. The molecular formula is C32H33ClN6O7S2. The van der Waals surface area contributed by atoms with E-state index in [0.29, 0.717) is 33.8 Å². The number of carboxylic acids is 1. The molecule has 6 rings (SSSR count). The van der Waals surface area contributed by atoms with Crippen LogP contribution >= 0.6 is 35.9 Å². The van der Waals surface area contributed by atoms with Gasteiger partial charge in [-0.2, -0.15) is 0 Å². The van der Waals surface area contributed by atoms with Crippen molar-refractivity contribution in [3.63, 3.8) is 0 Å². The molecule has 0 radical (unpaired) electrons. The molecule has 6 atom stereocenters. The number of β-lactam (4-membered cyclic amide) rings is 2. The van der Waals surface area contributed by atoms with Crippen molar-refractivity contribution >= 4 is 71.4 Å². The van der Waals surface area contributed by atoms with E-state index in [1.165, 1.54) is 33.3 Å². The number of halogens is 1. The molecule has 5 amide bonds. The number of benzene rings is 2. The van der Waals surface area contributed by atoms with E-state index in [1.54, 1.807) is 74.5 Å². The van der Waals surface area contributed by atoms with Gasteiger partial charge in [0.1, 0.15) is 46.3 Å². The number of carbonyl (C=O) groups is 6. The topological polar surface area (TPSA) is 191 Å². The molecule has 16 heteroatoms. The summed E-state index contributed by atoms with van der Waals surface area (Å²) >= 11 is 2.74. The standard InChI is InChI=1S/C32H32N6O7S2.ClH/c1-15-13-46-30-21(35-25(39)19(33)17-9-5-3-6-10-17)28(42)37(30)23(15)27(41)34-20(18-11-7-4-8-12-18)26(40)36-22-29(43)38-24(32(44)45)16(2)14-47-31(22)38;/h3-12,19-22,30-31H,13-14,33H2,1-2H3,(H,34,41)(H,35,39)(H,36,40)(H,44,45);1H/t19-,20-,21-,22-,30-,31?;/m1./s1. The molecule has 0 aliphatic carbocycles. The minimum absolute atomic E-state index is 0. The maximum atomic E-state index is 13.9. The van der Waals surface area contributed by atoms with Gasteiger partial charge in [0, 0.05) is 11.5 Å². The van der Waals surface area contributed by atoms with Gasteiger partial charge in [0.25, 0.3) is 17.7 Å². The largest absolute Gasteiger partial charge is 0.477 e. The second kappa shape index (κ2) is 14.0. The molecule has 6 N–H and O–H groups in total. The van der Waals surface area contributed by atoms with Crippen LogP contribution in [0.15, 0.2) is 83.2 Å². The lowest BCUT2D eigenvalue weighted by Crippen LogP contribution is -2.72. The number of amides is 5. The monoisotopic (exact) mass is 712 g/mol. The summed E-state index contributed by atoms with van der Waals surface area (Å²) in [7, 11) is 0. The number of carbonyl (C=O) groups excluding carboxylic acids is 5. The number of hydrogen-bond acceptors (Lipinski definition) is 9. The third-order valence-electron chi connectivity index (χ3n) is 8.44. The second-order valence-electron chi connectivity index (χ2n) is 11.6. The normalized spacial score (nSPS) is 24.1. The Hall–Kier alpha value is -4.31. The molecule has 1 unspecified atom stereocenters. The molecule has 252 valence electrons. The number of nitrogens with zero attached hydrogens (tertiary/aromatic N) is 2. The minimum Gasteiger partial charge on any atom is -0.477 e. The van der Waals surface area contributed by atoms with Gasteiger partial charge in [0.15, 0.2) is 0 Å². The van der Waals surface area contributed by atoms with Crippen LogP contribution in [0.25, 0.3) is 0 Å². The van der Waals surface area contributed by atoms with Crippen LogP contribution in [0.2, 0.25) is 0 Å². The van der Waals surface area contributed by atoms with Crippen LogP contribution in [-0.4, -0.2) is 84.7 Å². The van der Waals surface area contributed by atoms with Gasteiger partial charge in [-0.3, -0.25) is 33.8 Å². The van der Waals surface area contributed by atoms with Gasteiger partial charge in [-0.1, -0.05) is 60.7 Å². The highest BCUT2D eigenvalue weighted by Gasteiger charge is 2.55. The van der Waals surface area contributed by atoms with E-state index in [1.807, 2.05) is 0 Å². The van der Waals surface area contributed by atoms with Gasteiger partial charge in [-0.15, -0.1) is 35.9 Å². The van der Waals surface area contributed by atoms with Crippen LogP contribution in [0.5, 0.6) is 0 Å². The molecule has 48 heavy (non-hydrogen) atoms. The summed E-state index contributed by atoms with van der Waals surface area (Å²) < 4.78 is 0. The van der Waals surface area contributed by atoms with Gasteiger partial charge in [0.05, 0.1) is 0 Å². The summed E-state index contributed by atoms with van der Waals surface area (Å²) in [4.78, 5) is 81.2. The molecule has 13 nitrogen and oxygen atoms in total. The van der Waals surface area contributed by atoms with Crippen LogP contribution in [0.3, 0.4) is 0 Å². The van der Waals surface area contributed by atoms with Crippen molar-refractivity contribution < 1.29 is 33.9 Å². The van der Waals surface area contributed by atoms with Gasteiger partial charge in [0.2, 0.25) is 11.8 Å². The van der Waals surface area contributed by atoms with Crippen molar-refractivity contribution in [3.05, 3.63) is 94.3 Å². The van der Waals surface area contributed by atoms with Crippen molar-refractivity contribution in [2.45, 2.75) is 48.8 Å². The highest BCUT2D eigenvalue weighted by molar-refractivity contribution is 8.00. The lowest BCUT2D eigenvalue weighted by Gasteiger charge is -2.50.